The van der Waals surface area contributed by atoms with Gasteiger partial charge in [-0.3, -0.25) is 19.8 Å². The maximum atomic E-state index is 15.1. The summed E-state index contributed by atoms with van der Waals surface area (Å²) in [6.45, 7) is 7.65. The quantitative estimate of drug-likeness (QED) is 0.0272. The number of ether oxygens (including phenoxy) is 4. The number of hydrogen-bond donors (Lipinski definition) is 3. The first-order valence-corrected chi connectivity index (χ1v) is 23.0. The van der Waals surface area contributed by atoms with Crippen molar-refractivity contribution in [1.82, 2.24) is 9.80 Å². The summed E-state index contributed by atoms with van der Waals surface area (Å²) in [5, 5.41) is 55.4. The zero-order valence-electron chi connectivity index (χ0n) is 37.4. The van der Waals surface area contributed by atoms with Crippen LogP contribution < -0.4 is 9.47 Å². The van der Waals surface area contributed by atoms with E-state index < -0.39 is 22.7 Å². The van der Waals surface area contributed by atoms with E-state index in [0.29, 0.717) is 53.3 Å². The van der Waals surface area contributed by atoms with Gasteiger partial charge < -0.3 is 44.0 Å². The minimum absolute atomic E-state index is 0.00137. The van der Waals surface area contributed by atoms with E-state index in [0.717, 1.165) is 56.5 Å². The van der Waals surface area contributed by atoms with E-state index in [1.165, 1.54) is 12.1 Å². The van der Waals surface area contributed by atoms with Gasteiger partial charge >= 0.3 is 0 Å². The summed E-state index contributed by atoms with van der Waals surface area (Å²) in [5.41, 5.74) is 3.69. The number of nitro benzene ring substituents is 1. The molecule has 3 aromatic rings. The van der Waals surface area contributed by atoms with Crippen LogP contribution in [0.25, 0.3) is 0 Å². The first-order valence-electron chi connectivity index (χ1n) is 23.0. The first kappa shape index (κ1) is 48.3. The summed E-state index contributed by atoms with van der Waals surface area (Å²) < 4.78 is 26.6. The molecule has 16 nitrogen and oxygen atoms in total. The molecule has 4 aliphatic rings. The van der Waals surface area contributed by atoms with Crippen LogP contribution in [-0.4, -0.2) is 126 Å². The van der Waals surface area contributed by atoms with Gasteiger partial charge in [0.15, 0.2) is 0 Å². The van der Waals surface area contributed by atoms with E-state index in [4.69, 9.17) is 28.9 Å². The van der Waals surface area contributed by atoms with Crippen molar-refractivity contribution < 1.29 is 48.8 Å². The number of allylic oxidation sites excluding steroid dienone is 1. The summed E-state index contributed by atoms with van der Waals surface area (Å²) in [6.07, 6.45) is 8.31. The Kier molecular flexibility index (Phi) is 16.9. The monoisotopic (exact) mass is 907 g/mol. The van der Waals surface area contributed by atoms with E-state index in [9.17, 15) is 30.7 Å². The topological polar surface area (TPSA) is 209 Å². The van der Waals surface area contributed by atoms with Crippen molar-refractivity contribution in [1.29, 1.82) is 5.26 Å². The van der Waals surface area contributed by atoms with Gasteiger partial charge in [0.1, 0.15) is 30.8 Å². The summed E-state index contributed by atoms with van der Waals surface area (Å²) >= 11 is 0. The zero-order valence-corrected chi connectivity index (χ0v) is 37.4. The SMILES string of the molecule is C=CCOC12Oc3ccc(OCCN4CC4)cc3C3C(CCCCO)C(CCCCO)C=C(C(=NOCc4ccc([N+](=O)[O-])cc4)CC1N(CCOCCO)C(=O)c1ccc(C#N)cc1)C32. The average molecular weight is 908 g/mol. The number of fused-ring (bicyclic) bond motifs is 2. The van der Waals surface area contributed by atoms with Crippen LogP contribution in [-0.2, 0) is 20.9 Å². The summed E-state index contributed by atoms with van der Waals surface area (Å²) in [6, 6.07) is 19.7. The largest absolute Gasteiger partial charge is 0.492 e. The fraction of sp³-hybridized carbons (Fsp3) is 0.500. The molecular formula is C50H61N5O11. The third-order valence-electron chi connectivity index (χ3n) is 13.0. The maximum absolute atomic E-state index is 15.1. The lowest BCUT2D eigenvalue weighted by atomic mass is 9.55. The van der Waals surface area contributed by atoms with E-state index in [-0.39, 0.29) is 88.6 Å². The summed E-state index contributed by atoms with van der Waals surface area (Å²) in [4.78, 5) is 36.2. The van der Waals surface area contributed by atoms with E-state index in [1.54, 1.807) is 47.4 Å². The van der Waals surface area contributed by atoms with Crippen LogP contribution in [0.4, 0.5) is 5.69 Å². The number of nitro groups is 1. The van der Waals surface area contributed by atoms with Crippen LogP contribution in [0, 0.1) is 39.2 Å². The number of carbonyl (C=O) groups is 1. The Bertz CT molecular complexity index is 2220. The fourth-order valence-corrected chi connectivity index (χ4v) is 9.81. The van der Waals surface area contributed by atoms with E-state index in [1.807, 2.05) is 12.1 Å². The van der Waals surface area contributed by atoms with Gasteiger partial charge in [0.2, 0.25) is 5.79 Å². The molecule has 6 atom stereocenters. The van der Waals surface area contributed by atoms with E-state index >= 15 is 4.79 Å². The van der Waals surface area contributed by atoms with Gasteiger partial charge in [0.05, 0.1) is 54.6 Å². The molecule has 3 N–H and O–H groups in total. The maximum Gasteiger partial charge on any atom is 0.269 e. The van der Waals surface area contributed by atoms with Crippen molar-refractivity contribution in [3.63, 3.8) is 0 Å². The minimum Gasteiger partial charge on any atom is -0.492 e. The number of oxime groups is 1. The molecule has 66 heavy (non-hydrogen) atoms. The van der Waals surface area contributed by atoms with Crippen molar-refractivity contribution in [3.05, 3.63) is 123 Å². The van der Waals surface area contributed by atoms with Crippen LogP contribution in [0.5, 0.6) is 11.5 Å². The predicted octanol–water partition coefficient (Wildman–Crippen LogP) is 6.15. The summed E-state index contributed by atoms with van der Waals surface area (Å²) in [7, 11) is 0. The molecule has 7 rings (SSSR count). The normalized spacial score (nSPS) is 23.4. The van der Waals surface area contributed by atoms with Crippen LogP contribution in [0.2, 0.25) is 0 Å². The van der Waals surface area contributed by atoms with Gasteiger partial charge in [0, 0.05) is 75.0 Å². The number of aliphatic hydroxyl groups excluding tert-OH is 3. The van der Waals surface area contributed by atoms with Gasteiger partial charge in [-0.15, -0.1) is 6.58 Å². The number of unbranched alkanes of at least 4 members (excludes halogenated alkanes) is 2. The molecular weight excluding hydrogens is 847 g/mol. The van der Waals surface area contributed by atoms with E-state index in [2.05, 4.69) is 29.7 Å². The van der Waals surface area contributed by atoms with Crippen molar-refractivity contribution in [3.8, 4) is 17.6 Å². The Hall–Kier alpha value is -5.67. The molecule has 1 amide bonds. The lowest BCUT2D eigenvalue weighted by Crippen LogP contribution is -2.70. The van der Waals surface area contributed by atoms with Crippen LogP contribution in [0.1, 0.15) is 77.9 Å². The van der Waals surface area contributed by atoms with Gasteiger partial charge in [0.25, 0.3) is 11.6 Å². The number of carbonyl (C=O) groups excluding carboxylic acids is 1. The fourth-order valence-electron chi connectivity index (χ4n) is 9.81. The van der Waals surface area contributed by atoms with Gasteiger partial charge in [-0.05, 0) is 103 Å². The molecule has 6 unspecified atom stereocenters. The molecule has 2 fully saturated rings. The molecule has 0 radical (unpaired) electrons. The van der Waals surface area contributed by atoms with Gasteiger partial charge in [-0.2, -0.15) is 5.26 Å². The molecule has 2 aliphatic carbocycles. The Morgan fingerprint density at radius 2 is 1.76 bits per heavy atom. The van der Waals surface area contributed by atoms with Crippen molar-refractivity contribution in [2.24, 2.45) is 22.9 Å². The van der Waals surface area contributed by atoms with Crippen molar-refractivity contribution in [2.45, 2.75) is 69.3 Å². The molecule has 1 saturated heterocycles. The highest BCUT2D eigenvalue weighted by Gasteiger charge is 2.65. The second kappa shape index (κ2) is 23.2. The number of nitrogens with zero attached hydrogens (tertiary/aromatic N) is 5. The first-order chi connectivity index (χ1) is 32.2. The summed E-state index contributed by atoms with van der Waals surface area (Å²) in [5.74, 6) is -1.50. The number of aliphatic hydroxyl groups is 3. The molecule has 0 bridgehead atoms. The molecule has 2 aliphatic heterocycles. The highest BCUT2D eigenvalue weighted by molar-refractivity contribution is 6.03. The Labute approximate surface area is 385 Å². The molecule has 0 aromatic heterocycles. The molecule has 2 heterocycles. The molecule has 0 spiro atoms. The highest BCUT2D eigenvalue weighted by Crippen LogP contribution is 2.62. The molecule has 16 heteroatoms. The third-order valence-corrected chi connectivity index (χ3v) is 13.0. The average Bonchev–Trinajstić information content (AvgIpc) is 4.17. The van der Waals surface area contributed by atoms with Gasteiger partial charge in [-0.25, -0.2) is 0 Å². The third kappa shape index (κ3) is 11.3. The second-order valence-electron chi connectivity index (χ2n) is 17.2. The molecule has 1 saturated carbocycles. The second-order valence-corrected chi connectivity index (χ2v) is 17.2. The minimum atomic E-state index is -1.54. The number of rotatable bonds is 26. The van der Waals surface area contributed by atoms with Gasteiger partial charge in [-0.1, -0.05) is 30.1 Å². The van der Waals surface area contributed by atoms with Crippen LogP contribution in [0.3, 0.4) is 0 Å². The van der Waals surface area contributed by atoms with Crippen molar-refractivity contribution >= 4 is 17.3 Å². The number of amides is 1. The lowest BCUT2D eigenvalue weighted by Gasteiger charge is -2.60. The zero-order chi connectivity index (χ0) is 46.5. The Balaban J connectivity index is 1.42. The Morgan fingerprint density at radius 1 is 1.00 bits per heavy atom. The molecule has 3 aromatic carbocycles. The number of hydrogen-bond acceptors (Lipinski definition) is 14. The number of non-ortho nitro benzene ring substituents is 1. The van der Waals surface area contributed by atoms with Crippen LogP contribution in [0.15, 0.2) is 96.2 Å². The van der Waals surface area contributed by atoms with Crippen molar-refractivity contribution in [2.75, 3.05) is 72.4 Å². The Morgan fingerprint density at radius 3 is 2.44 bits per heavy atom. The predicted molar refractivity (Wildman–Crippen MR) is 245 cm³/mol. The molecule has 352 valence electrons. The number of nitriles is 1. The standard InChI is InChI=1S/C50H61N5O11/c1-2-26-64-50-46(54(22-27-62-29-25-58)49(59)37-13-9-35(33-51)10-14-37)32-44(52-65-34-36-11-15-39(16-12-36)55(60)61)42-30-38(7-3-5-23-56)41(8-4-6-24-57)47(48(42)50)43-31-40(17-18-45(43)66-50)63-28-21-53-19-20-53/h2,9-18,30-31,38,41,46-48,56-58H,1,3-8,19-29,32,34H2. The number of benzene rings is 3. The van der Waals surface area contributed by atoms with Crippen LogP contribution >= 0.6 is 0 Å². The lowest BCUT2D eigenvalue weighted by molar-refractivity contribution is -0.384. The smallest absolute Gasteiger partial charge is 0.269 e. The highest BCUT2D eigenvalue weighted by atomic mass is 16.7.